The van der Waals surface area contributed by atoms with Gasteiger partial charge in [0.15, 0.2) is 5.82 Å². The molecular formula is C14H16BrN3OS. The highest BCUT2D eigenvalue weighted by Gasteiger charge is 2.08. The van der Waals surface area contributed by atoms with Gasteiger partial charge in [0.25, 0.3) is 0 Å². The van der Waals surface area contributed by atoms with Crippen molar-refractivity contribution in [3.8, 4) is 0 Å². The minimum atomic E-state index is -0.0558. The lowest BCUT2D eigenvalue weighted by molar-refractivity contribution is -0.113. The van der Waals surface area contributed by atoms with Crippen LogP contribution in [0.2, 0.25) is 0 Å². The molecular weight excluding hydrogens is 338 g/mol. The number of hydrogen-bond acceptors (Lipinski definition) is 3. The number of aromatic amines is 1. The summed E-state index contributed by atoms with van der Waals surface area (Å²) in [6.07, 6.45) is 0. The normalized spacial score (nSPS) is 10.8. The lowest BCUT2D eigenvalue weighted by atomic mass is 10.1. The molecule has 20 heavy (non-hydrogen) atoms. The third-order valence-electron chi connectivity index (χ3n) is 2.67. The molecule has 2 N–H and O–H groups in total. The number of H-pyrrole nitrogens is 1. The first kappa shape index (κ1) is 15.1. The maximum atomic E-state index is 11.8. The second kappa shape index (κ2) is 6.95. The van der Waals surface area contributed by atoms with Gasteiger partial charge in [0.1, 0.15) is 0 Å². The Kier molecular flexibility index (Phi) is 5.25. The van der Waals surface area contributed by atoms with Crippen molar-refractivity contribution in [2.45, 2.75) is 24.7 Å². The summed E-state index contributed by atoms with van der Waals surface area (Å²) in [5.74, 6) is 1.26. The van der Waals surface area contributed by atoms with Gasteiger partial charge >= 0.3 is 0 Å². The molecule has 0 aliphatic rings. The van der Waals surface area contributed by atoms with Crippen LogP contribution in [0.15, 0.2) is 39.7 Å². The van der Waals surface area contributed by atoms with E-state index >= 15 is 0 Å². The van der Waals surface area contributed by atoms with Gasteiger partial charge in [0.2, 0.25) is 5.91 Å². The van der Waals surface area contributed by atoms with Gasteiger partial charge in [-0.3, -0.25) is 9.89 Å². The van der Waals surface area contributed by atoms with Crippen molar-refractivity contribution < 1.29 is 4.79 Å². The molecule has 4 nitrogen and oxygen atoms in total. The second-order valence-corrected chi connectivity index (χ2v) is 6.62. The molecule has 0 aliphatic carbocycles. The molecule has 0 aliphatic heterocycles. The highest BCUT2D eigenvalue weighted by Crippen LogP contribution is 2.21. The molecule has 0 spiro atoms. The van der Waals surface area contributed by atoms with E-state index in [-0.39, 0.29) is 5.91 Å². The monoisotopic (exact) mass is 353 g/mol. The summed E-state index contributed by atoms with van der Waals surface area (Å²) in [6.45, 7) is 4.14. The van der Waals surface area contributed by atoms with Crippen molar-refractivity contribution in [2.24, 2.45) is 0 Å². The number of thioether (sulfide) groups is 1. The summed E-state index contributed by atoms with van der Waals surface area (Å²) in [7, 11) is 0. The van der Waals surface area contributed by atoms with Crippen LogP contribution < -0.4 is 5.32 Å². The van der Waals surface area contributed by atoms with Crippen LogP contribution in [0.25, 0.3) is 0 Å². The van der Waals surface area contributed by atoms with Crippen molar-refractivity contribution in [1.29, 1.82) is 0 Å². The fourth-order valence-corrected chi connectivity index (χ4v) is 2.52. The largest absolute Gasteiger partial charge is 0.308 e. The van der Waals surface area contributed by atoms with Gasteiger partial charge in [-0.1, -0.05) is 29.8 Å². The number of carbonyl (C=O) groups is 1. The van der Waals surface area contributed by atoms with Crippen LogP contribution in [0.5, 0.6) is 0 Å². The predicted molar refractivity (Wildman–Crippen MR) is 86.2 cm³/mol. The number of aromatic nitrogens is 2. The van der Waals surface area contributed by atoms with E-state index in [1.165, 1.54) is 11.8 Å². The Balaban J connectivity index is 1.84. The van der Waals surface area contributed by atoms with Crippen LogP contribution in [-0.2, 0) is 4.79 Å². The smallest absolute Gasteiger partial charge is 0.235 e. The van der Waals surface area contributed by atoms with Crippen molar-refractivity contribution in [3.63, 3.8) is 0 Å². The lowest BCUT2D eigenvalue weighted by Crippen LogP contribution is -2.14. The van der Waals surface area contributed by atoms with Crippen molar-refractivity contribution in [3.05, 3.63) is 40.5 Å². The molecule has 1 heterocycles. The van der Waals surface area contributed by atoms with Crippen LogP contribution >= 0.6 is 27.7 Å². The zero-order valence-corrected chi connectivity index (χ0v) is 13.7. The summed E-state index contributed by atoms with van der Waals surface area (Å²) >= 11 is 4.88. The summed E-state index contributed by atoms with van der Waals surface area (Å²) in [5.41, 5.74) is 1.01. The SMILES string of the molecule is CC(C)c1cc(NC(=O)CSc2ccc(Br)cc2)n[nH]1. The summed E-state index contributed by atoms with van der Waals surface area (Å²) in [6, 6.07) is 9.75. The molecule has 0 radical (unpaired) electrons. The van der Waals surface area contributed by atoms with Gasteiger partial charge in [-0.05, 0) is 30.2 Å². The van der Waals surface area contributed by atoms with Gasteiger partial charge < -0.3 is 5.32 Å². The number of nitrogens with one attached hydrogen (secondary N) is 2. The molecule has 2 aromatic rings. The maximum Gasteiger partial charge on any atom is 0.235 e. The fraction of sp³-hybridized carbons (Fsp3) is 0.286. The van der Waals surface area contributed by atoms with Crippen LogP contribution in [-0.4, -0.2) is 21.9 Å². The number of benzene rings is 1. The third-order valence-corrected chi connectivity index (χ3v) is 4.21. The van der Waals surface area contributed by atoms with Crippen molar-refractivity contribution in [1.82, 2.24) is 10.2 Å². The van der Waals surface area contributed by atoms with Crippen LogP contribution in [0.3, 0.4) is 0 Å². The predicted octanol–water partition coefficient (Wildman–Crippen LogP) is 4.03. The summed E-state index contributed by atoms with van der Waals surface area (Å²) in [4.78, 5) is 12.9. The average Bonchev–Trinajstić information content (AvgIpc) is 2.87. The second-order valence-electron chi connectivity index (χ2n) is 4.65. The standard InChI is InChI=1S/C14H16BrN3OS/c1-9(2)12-7-13(18-17-12)16-14(19)8-20-11-5-3-10(15)4-6-11/h3-7,9H,8H2,1-2H3,(H2,16,17,18,19). The van der Waals surface area contributed by atoms with Gasteiger partial charge in [-0.15, -0.1) is 11.8 Å². The van der Waals surface area contributed by atoms with E-state index in [4.69, 9.17) is 0 Å². The van der Waals surface area contributed by atoms with E-state index in [9.17, 15) is 4.79 Å². The minimum Gasteiger partial charge on any atom is -0.308 e. The zero-order valence-electron chi connectivity index (χ0n) is 11.3. The Morgan fingerprint density at radius 3 is 2.70 bits per heavy atom. The molecule has 0 saturated carbocycles. The molecule has 6 heteroatoms. The fourth-order valence-electron chi connectivity index (χ4n) is 1.56. The van der Waals surface area contributed by atoms with Crippen molar-refractivity contribution in [2.75, 3.05) is 11.1 Å². The first-order valence-corrected chi connectivity index (χ1v) is 8.06. The van der Waals surface area contributed by atoms with Gasteiger partial charge in [0, 0.05) is 21.1 Å². The van der Waals surface area contributed by atoms with Crippen molar-refractivity contribution >= 4 is 39.4 Å². The topological polar surface area (TPSA) is 57.8 Å². The first-order chi connectivity index (χ1) is 9.54. The molecule has 0 saturated heterocycles. The molecule has 0 atom stereocenters. The van der Waals surface area contributed by atoms with E-state index in [0.717, 1.165) is 15.1 Å². The number of hydrogen-bond donors (Lipinski definition) is 2. The first-order valence-electron chi connectivity index (χ1n) is 6.28. The van der Waals surface area contributed by atoms with Gasteiger partial charge in [-0.2, -0.15) is 5.10 Å². The zero-order chi connectivity index (χ0) is 14.5. The number of rotatable bonds is 5. The molecule has 0 unspecified atom stereocenters. The van der Waals surface area contributed by atoms with E-state index in [1.54, 1.807) is 0 Å². The Bertz CT molecular complexity index is 580. The molecule has 2 rings (SSSR count). The van der Waals surface area contributed by atoms with E-state index in [1.807, 2.05) is 30.3 Å². The summed E-state index contributed by atoms with van der Waals surface area (Å²) < 4.78 is 1.03. The lowest BCUT2D eigenvalue weighted by Gasteiger charge is -2.02. The number of amides is 1. The molecule has 0 bridgehead atoms. The van der Waals surface area contributed by atoms with Gasteiger partial charge in [0.05, 0.1) is 5.75 Å². The number of halogens is 1. The Hall–Kier alpha value is -1.27. The third kappa shape index (κ3) is 4.38. The van der Waals surface area contributed by atoms with Crippen LogP contribution in [0.1, 0.15) is 25.5 Å². The van der Waals surface area contributed by atoms with Crippen LogP contribution in [0, 0.1) is 0 Å². The molecule has 1 aromatic carbocycles. The Morgan fingerprint density at radius 1 is 1.40 bits per heavy atom. The highest BCUT2D eigenvalue weighted by atomic mass is 79.9. The summed E-state index contributed by atoms with van der Waals surface area (Å²) in [5, 5.41) is 9.77. The number of carbonyl (C=O) groups excluding carboxylic acids is 1. The van der Waals surface area contributed by atoms with Crippen LogP contribution in [0.4, 0.5) is 5.82 Å². The molecule has 106 valence electrons. The Labute approximate surface area is 130 Å². The average molecular weight is 354 g/mol. The van der Waals surface area contributed by atoms with E-state index in [0.29, 0.717) is 17.5 Å². The van der Waals surface area contributed by atoms with E-state index in [2.05, 4.69) is 45.3 Å². The molecule has 1 amide bonds. The van der Waals surface area contributed by atoms with E-state index < -0.39 is 0 Å². The molecule has 0 fully saturated rings. The number of anilines is 1. The minimum absolute atomic E-state index is 0.0558. The Morgan fingerprint density at radius 2 is 2.10 bits per heavy atom. The maximum absolute atomic E-state index is 11.8. The quantitative estimate of drug-likeness (QED) is 0.797. The highest BCUT2D eigenvalue weighted by molar-refractivity contribution is 9.10. The number of nitrogens with zero attached hydrogens (tertiary/aromatic N) is 1. The molecule has 1 aromatic heterocycles. The van der Waals surface area contributed by atoms with Gasteiger partial charge in [-0.25, -0.2) is 0 Å².